The first kappa shape index (κ1) is 17.0. The average Bonchev–Trinajstić information content (AvgIpc) is 3.11. The normalized spacial score (nSPS) is 15.4. The fraction of sp³-hybridized carbons (Fsp3) is 0.263. The molecule has 0 saturated carbocycles. The summed E-state index contributed by atoms with van der Waals surface area (Å²) in [7, 11) is 0. The summed E-state index contributed by atoms with van der Waals surface area (Å²) in [6, 6.07) is 14.0. The lowest BCUT2D eigenvalue weighted by Gasteiger charge is -2.35. The maximum absolute atomic E-state index is 13.0. The fourth-order valence-electron chi connectivity index (χ4n) is 3.05. The minimum absolute atomic E-state index is 0.286. The lowest BCUT2D eigenvalue weighted by molar-refractivity contribution is 0.227. The van der Waals surface area contributed by atoms with Gasteiger partial charge in [0.15, 0.2) is 0 Å². The molecule has 26 heavy (non-hydrogen) atoms. The minimum atomic E-state index is -0.286. The Bertz CT molecular complexity index is 875. The number of hydrogen-bond acceptors (Lipinski definition) is 5. The number of piperazine rings is 1. The van der Waals surface area contributed by atoms with E-state index in [2.05, 4.69) is 26.1 Å². The van der Waals surface area contributed by atoms with Crippen LogP contribution in [0.1, 0.15) is 5.89 Å². The van der Waals surface area contributed by atoms with Crippen LogP contribution in [0.25, 0.3) is 11.5 Å². The average molecular weight is 373 g/mol. The Kier molecular flexibility index (Phi) is 4.86. The third kappa shape index (κ3) is 3.86. The minimum Gasteiger partial charge on any atom is -0.419 e. The highest BCUT2D eigenvalue weighted by atomic mass is 35.5. The predicted octanol–water partition coefficient (Wildman–Crippen LogP) is 3.85. The largest absolute Gasteiger partial charge is 0.419 e. The van der Waals surface area contributed by atoms with Crippen molar-refractivity contribution in [1.29, 1.82) is 0 Å². The molecule has 0 atom stereocenters. The molecule has 5 nitrogen and oxygen atoms in total. The van der Waals surface area contributed by atoms with Crippen molar-refractivity contribution in [3.05, 3.63) is 65.3 Å². The van der Waals surface area contributed by atoms with E-state index in [9.17, 15) is 4.39 Å². The van der Waals surface area contributed by atoms with Crippen LogP contribution in [0, 0.1) is 5.82 Å². The molecule has 134 valence electrons. The van der Waals surface area contributed by atoms with Gasteiger partial charge in [0.2, 0.25) is 11.8 Å². The molecule has 0 N–H and O–H groups in total. The van der Waals surface area contributed by atoms with Gasteiger partial charge in [0.25, 0.3) is 0 Å². The number of nitrogens with zero attached hydrogens (tertiary/aromatic N) is 4. The number of anilines is 1. The zero-order valence-corrected chi connectivity index (χ0v) is 14.9. The summed E-state index contributed by atoms with van der Waals surface area (Å²) in [6.07, 6.45) is 0. The number of benzene rings is 2. The highest BCUT2D eigenvalue weighted by Crippen LogP contribution is 2.22. The van der Waals surface area contributed by atoms with E-state index in [0.717, 1.165) is 42.5 Å². The Labute approximate surface area is 156 Å². The zero-order chi connectivity index (χ0) is 17.9. The maximum atomic E-state index is 13.0. The van der Waals surface area contributed by atoms with Gasteiger partial charge in [-0.2, -0.15) is 0 Å². The van der Waals surface area contributed by atoms with Gasteiger partial charge in [0.05, 0.1) is 6.54 Å². The molecule has 0 aliphatic carbocycles. The maximum Gasteiger partial charge on any atom is 0.247 e. The molecule has 1 aliphatic rings. The first-order valence-electron chi connectivity index (χ1n) is 8.48. The Morgan fingerprint density at radius 2 is 1.77 bits per heavy atom. The van der Waals surface area contributed by atoms with Crippen LogP contribution in [0.3, 0.4) is 0 Å². The molecule has 1 aliphatic heterocycles. The van der Waals surface area contributed by atoms with Gasteiger partial charge in [-0.3, -0.25) is 4.90 Å². The molecule has 0 bridgehead atoms. The lowest BCUT2D eigenvalue weighted by Crippen LogP contribution is -2.46. The summed E-state index contributed by atoms with van der Waals surface area (Å²) < 4.78 is 18.7. The molecule has 1 aromatic heterocycles. The molecular weight excluding hydrogens is 355 g/mol. The van der Waals surface area contributed by atoms with Crippen LogP contribution in [-0.2, 0) is 6.54 Å². The van der Waals surface area contributed by atoms with Crippen molar-refractivity contribution < 1.29 is 8.81 Å². The summed E-state index contributed by atoms with van der Waals surface area (Å²) >= 11 is 6.08. The van der Waals surface area contributed by atoms with Crippen LogP contribution < -0.4 is 4.90 Å². The molecular formula is C19H18ClFN4O. The highest BCUT2D eigenvalue weighted by molar-refractivity contribution is 6.30. The number of halogens is 2. The summed E-state index contributed by atoms with van der Waals surface area (Å²) in [6.45, 7) is 4.25. The van der Waals surface area contributed by atoms with Crippen LogP contribution in [-0.4, -0.2) is 41.3 Å². The second-order valence-electron chi connectivity index (χ2n) is 6.25. The van der Waals surface area contributed by atoms with Crippen molar-refractivity contribution >= 4 is 17.3 Å². The first-order valence-corrected chi connectivity index (χ1v) is 8.86. The van der Waals surface area contributed by atoms with Crippen LogP contribution in [0.5, 0.6) is 0 Å². The van der Waals surface area contributed by atoms with Gasteiger partial charge in [0.1, 0.15) is 5.82 Å². The van der Waals surface area contributed by atoms with Gasteiger partial charge < -0.3 is 9.32 Å². The van der Waals surface area contributed by atoms with Crippen LogP contribution in [0.4, 0.5) is 10.1 Å². The van der Waals surface area contributed by atoms with Gasteiger partial charge >= 0.3 is 0 Å². The van der Waals surface area contributed by atoms with Crippen LogP contribution >= 0.6 is 11.6 Å². The molecule has 0 amide bonds. The second kappa shape index (κ2) is 7.43. The number of aromatic nitrogens is 2. The van der Waals surface area contributed by atoms with Crippen molar-refractivity contribution in [3.8, 4) is 11.5 Å². The van der Waals surface area contributed by atoms with E-state index in [-0.39, 0.29) is 5.82 Å². The Morgan fingerprint density at radius 1 is 1.00 bits per heavy atom. The van der Waals surface area contributed by atoms with E-state index in [0.29, 0.717) is 18.3 Å². The van der Waals surface area contributed by atoms with Crippen molar-refractivity contribution in [1.82, 2.24) is 15.1 Å². The van der Waals surface area contributed by atoms with E-state index < -0.39 is 0 Å². The Balaban J connectivity index is 1.35. The monoisotopic (exact) mass is 372 g/mol. The van der Waals surface area contributed by atoms with E-state index in [1.165, 1.54) is 12.1 Å². The van der Waals surface area contributed by atoms with Crippen molar-refractivity contribution in [2.75, 3.05) is 31.1 Å². The predicted molar refractivity (Wildman–Crippen MR) is 98.6 cm³/mol. The Hall–Kier alpha value is -2.44. The highest BCUT2D eigenvalue weighted by Gasteiger charge is 2.19. The second-order valence-corrected chi connectivity index (χ2v) is 6.69. The summed E-state index contributed by atoms with van der Waals surface area (Å²) in [5, 5.41) is 8.93. The number of rotatable bonds is 4. The van der Waals surface area contributed by atoms with E-state index in [4.69, 9.17) is 16.0 Å². The summed E-state index contributed by atoms with van der Waals surface area (Å²) in [5.41, 5.74) is 1.87. The molecule has 4 rings (SSSR count). The summed E-state index contributed by atoms with van der Waals surface area (Å²) in [4.78, 5) is 4.60. The smallest absolute Gasteiger partial charge is 0.247 e. The SMILES string of the molecule is Fc1ccc(-c2nnc(CN3CCN(c4cccc(Cl)c4)CC3)o2)cc1. The molecule has 2 aromatic carbocycles. The van der Waals surface area contributed by atoms with Crippen LogP contribution in [0.15, 0.2) is 52.9 Å². The van der Waals surface area contributed by atoms with Crippen molar-refractivity contribution in [3.63, 3.8) is 0 Å². The molecule has 7 heteroatoms. The lowest BCUT2D eigenvalue weighted by atomic mass is 10.2. The molecule has 0 radical (unpaired) electrons. The summed E-state index contributed by atoms with van der Waals surface area (Å²) in [5.74, 6) is 0.698. The molecule has 1 saturated heterocycles. The molecule has 1 fully saturated rings. The van der Waals surface area contributed by atoms with E-state index in [1.54, 1.807) is 12.1 Å². The van der Waals surface area contributed by atoms with Crippen LogP contribution in [0.2, 0.25) is 5.02 Å². The van der Waals surface area contributed by atoms with Gasteiger partial charge in [-0.15, -0.1) is 10.2 Å². The number of hydrogen-bond donors (Lipinski definition) is 0. The molecule has 0 unspecified atom stereocenters. The molecule has 3 aromatic rings. The van der Waals surface area contributed by atoms with Gasteiger partial charge in [0, 0.05) is 42.5 Å². The van der Waals surface area contributed by atoms with Gasteiger partial charge in [-0.1, -0.05) is 17.7 Å². The van der Waals surface area contributed by atoms with Gasteiger partial charge in [-0.25, -0.2) is 4.39 Å². The van der Waals surface area contributed by atoms with E-state index in [1.807, 2.05) is 18.2 Å². The standard InChI is InChI=1S/C19H18ClFN4O/c20-15-2-1-3-17(12-15)25-10-8-24(9-11-25)13-18-22-23-19(26-18)14-4-6-16(21)7-5-14/h1-7,12H,8-11,13H2. The third-order valence-corrected chi connectivity index (χ3v) is 4.70. The van der Waals surface area contributed by atoms with Gasteiger partial charge in [-0.05, 0) is 42.5 Å². The van der Waals surface area contributed by atoms with Crippen molar-refractivity contribution in [2.24, 2.45) is 0 Å². The van der Waals surface area contributed by atoms with Crippen molar-refractivity contribution in [2.45, 2.75) is 6.54 Å². The first-order chi connectivity index (χ1) is 12.7. The fourth-order valence-corrected chi connectivity index (χ4v) is 3.24. The van der Waals surface area contributed by atoms with E-state index >= 15 is 0 Å². The molecule has 2 heterocycles. The topological polar surface area (TPSA) is 45.4 Å². The Morgan fingerprint density at radius 3 is 2.50 bits per heavy atom. The third-order valence-electron chi connectivity index (χ3n) is 4.46. The molecule has 0 spiro atoms. The zero-order valence-electron chi connectivity index (χ0n) is 14.1. The quantitative estimate of drug-likeness (QED) is 0.696.